The lowest BCUT2D eigenvalue weighted by Gasteiger charge is -2.11. The molecule has 0 saturated heterocycles. The fraction of sp³-hybridized carbons (Fsp3) is 0.833. The molecule has 0 atom stereocenters. The molecule has 0 N–H and O–H groups in total. The fourth-order valence-corrected chi connectivity index (χ4v) is 0.929. The summed E-state index contributed by atoms with van der Waals surface area (Å²) in [6.07, 6.45) is -1.29. The van der Waals surface area contributed by atoms with Crippen LogP contribution in [0.15, 0.2) is 0 Å². The number of halogens is 3. The van der Waals surface area contributed by atoms with Crippen molar-refractivity contribution in [2.75, 3.05) is 24.2 Å². The Labute approximate surface area is 85.9 Å². The molecule has 0 radical (unpaired) electrons. The Morgan fingerprint density at radius 1 is 1.25 bits per heavy atom. The second-order valence-electron chi connectivity index (χ2n) is 1.84. The lowest BCUT2D eigenvalue weighted by molar-refractivity contribution is 0.0401. The molecular formula is C6H9Cl3O3. The van der Waals surface area contributed by atoms with E-state index in [2.05, 4.69) is 9.47 Å². The molecule has 12 heavy (non-hydrogen) atoms. The minimum atomic E-state index is -0.790. The summed E-state index contributed by atoms with van der Waals surface area (Å²) in [4.78, 5) is 10.7. The van der Waals surface area contributed by atoms with Crippen LogP contribution in [0, 0.1) is 0 Å². The van der Waals surface area contributed by atoms with Crippen LogP contribution in [0.1, 0.15) is 0 Å². The Morgan fingerprint density at radius 3 is 2.25 bits per heavy atom. The highest BCUT2D eigenvalue weighted by Crippen LogP contribution is 2.00. The van der Waals surface area contributed by atoms with Gasteiger partial charge in [-0.25, -0.2) is 4.79 Å². The van der Waals surface area contributed by atoms with Crippen LogP contribution >= 0.6 is 34.8 Å². The molecule has 0 heterocycles. The third kappa shape index (κ3) is 5.75. The standard InChI is InChI=1S/C6H9Cl3O3/c7-1-2-11-6(10)12-5(3-8)4-9/h5H,1-4H2. The monoisotopic (exact) mass is 234 g/mol. The van der Waals surface area contributed by atoms with E-state index in [9.17, 15) is 4.79 Å². The summed E-state index contributed by atoms with van der Waals surface area (Å²) < 4.78 is 9.18. The van der Waals surface area contributed by atoms with Gasteiger partial charge < -0.3 is 9.47 Å². The number of hydrogen-bond donors (Lipinski definition) is 0. The smallest absolute Gasteiger partial charge is 0.433 e. The van der Waals surface area contributed by atoms with Crippen LogP contribution < -0.4 is 0 Å². The van der Waals surface area contributed by atoms with Crippen molar-refractivity contribution in [3.63, 3.8) is 0 Å². The van der Waals surface area contributed by atoms with Gasteiger partial charge in [-0.3, -0.25) is 0 Å². The molecule has 0 aromatic heterocycles. The molecule has 0 rings (SSSR count). The van der Waals surface area contributed by atoms with Gasteiger partial charge in [-0.15, -0.1) is 34.8 Å². The Balaban J connectivity index is 3.52. The maximum absolute atomic E-state index is 10.7. The Hall–Kier alpha value is 0.140. The number of ether oxygens (including phenoxy) is 2. The second kappa shape index (κ2) is 7.77. The van der Waals surface area contributed by atoms with Crippen molar-refractivity contribution < 1.29 is 14.3 Å². The summed E-state index contributed by atoms with van der Waals surface area (Å²) in [6, 6.07) is 0. The minimum absolute atomic E-state index is 0.123. The predicted octanol–water partition coefficient (Wildman–Crippen LogP) is 2.22. The van der Waals surface area contributed by atoms with Crippen molar-refractivity contribution in [1.82, 2.24) is 0 Å². The fourth-order valence-electron chi connectivity index (χ4n) is 0.396. The third-order valence-corrected chi connectivity index (χ3v) is 1.75. The van der Waals surface area contributed by atoms with Gasteiger partial charge in [-0.1, -0.05) is 0 Å². The largest absolute Gasteiger partial charge is 0.508 e. The van der Waals surface area contributed by atoms with E-state index in [1.165, 1.54) is 0 Å². The first-order valence-electron chi connectivity index (χ1n) is 3.26. The highest BCUT2D eigenvalue weighted by molar-refractivity contribution is 6.21. The van der Waals surface area contributed by atoms with Gasteiger partial charge in [0, 0.05) is 0 Å². The molecule has 0 spiro atoms. The van der Waals surface area contributed by atoms with Gasteiger partial charge in [0.2, 0.25) is 0 Å². The SMILES string of the molecule is O=C(OCCCl)OC(CCl)CCl. The predicted molar refractivity (Wildman–Crippen MR) is 48.4 cm³/mol. The number of carbonyl (C=O) groups excluding carboxylic acids is 1. The first-order chi connectivity index (χ1) is 5.74. The molecular weight excluding hydrogens is 226 g/mol. The van der Waals surface area contributed by atoms with Gasteiger partial charge in [0.05, 0.1) is 17.6 Å². The lowest BCUT2D eigenvalue weighted by Crippen LogP contribution is -2.22. The van der Waals surface area contributed by atoms with Crippen LogP contribution in [0.4, 0.5) is 4.79 Å². The highest BCUT2D eigenvalue weighted by atomic mass is 35.5. The van der Waals surface area contributed by atoms with E-state index in [0.717, 1.165) is 0 Å². The quantitative estimate of drug-likeness (QED) is 0.541. The van der Waals surface area contributed by atoms with Crippen LogP contribution in [0.2, 0.25) is 0 Å². The van der Waals surface area contributed by atoms with E-state index in [4.69, 9.17) is 34.8 Å². The summed E-state index contributed by atoms with van der Waals surface area (Å²) >= 11 is 16.1. The Kier molecular flexibility index (Phi) is 7.86. The van der Waals surface area contributed by atoms with Crippen molar-refractivity contribution in [3.8, 4) is 0 Å². The van der Waals surface area contributed by atoms with Crippen molar-refractivity contribution >= 4 is 41.0 Å². The van der Waals surface area contributed by atoms with Crippen LogP contribution in [0.3, 0.4) is 0 Å². The molecule has 0 saturated carbocycles. The van der Waals surface area contributed by atoms with E-state index >= 15 is 0 Å². The normalized spacial score (nSPS) is 10.0. The van der Waals surface area contributed by atoms with Crippen LogP contribution in [-0.4, -0.2) is 36.5 Å². The molecule has 0 amide bonds. The molecule has 0 aromatic rings. The molecule has 0 aliphatic carbocycles. The summed E-state index contributed by atoms with van der Waals surface area (Å²) in [5.74, 6) is 0.542. The van der Waals surface area contributed by atoms with Crippen molar-refractivity contribution in [1.29, 1.82) is 0 Å². The van der Waals surface area contributed by atoms with Gasteiger partial charge in [-0.2, -0.15) is 0 Å². The maximum atomic E-state index is 10.7. The van der Waals surface area contributed by atoms with Crippen molar-refractivity contribution in [3.05, 3.63) is 0 Å². The lowest BCUT2D eigenvalue weighted by atomic mass is 10.5. The van der Waals surface area contributed by atoms with Gasteiger partial charge >= 0.3 is 6.16 Å². The minimum Gasteiger partial charge on any atom is -0.433 e. The molecule has 3 nitrogen and oxygen atoms in total. The van der Waals surface area contributed by atoms with Gasteiger partial charge in [-0.05, 0) is 0 Å². The summed E-state index contributed by atoms with van der Waals surface area (Å²) in [5.41, 5.74) is 0. The molecule has 0 aliphatic heterocycles. The molecule has 0 aromatic carbocycles. The molecule has 0 aliphatic rings. The Morgan fingerprint density at radius 2 is 1.83 bits per heavy atom. The summed E-state index contributed by atoms with van der Waals surface area (Å²) in [7, 11) is 0. The number of alkyl halides is 3. The number of hydrogen-bond acceptors (Lipinski definition) is 3. The van der Waals surface area contributed by atoms with E-state index in [-0.39, 0.29) is 24.2 Å². The zero-order valence-corrected chi connectivity index (χ0v) is 8.53. The average molecular weight is 235 g/mol. The third-order valence-electron chi connectivity index (χ3n) is 0.904. The van der Waals surface area contributed by atoms with Crippen LogP contribution in [0.25, 0.3) is 0 Å². The second-order valence-corrected chi connectivity index (χ2v) is 2.83. The zero-order valence-electron chi connectivity index (χ0n) is 6.26. The van der Waals surface area contributed by atoms with E-state index in [1.54, 1.807) is 0 Å². The summed E-state index contributed by atoms with van der Waals surface area (Å²) in [6.45, 7) is 0.123. The van der Waals surface area contributed by atoms with Crippen molar-refractivity contribution in [2.45, 2.75) is 6.10 Å². The van der Waals surface area contributed by atoms with Crippen LogP contribution in [0.5, 0.6) is 0 Å². The number of carbonyl (C=O) groups is 1. The van der Waals surface area contributed by atoms with Crippen LogP contribution in [-0.2, 0) is 9.47 Å². The van der Waals surface area contributed by atoms with Crippen molar-refractivity contribution in [2.24, 2.45) is 0 Å². The zero-order chi connectivity index (χ0) is 9.40. The highest BCUT2D eigenvalue weighted by Gasteiger charge is 2.12. The van der Waals surface area contributed by atoms with Gasteiger partial charge in [0.15, 0.2) is 0 Å². The maximum Gasteiger partial charge on any atom is 0.508 e. The van der Waals surface area contributed by atoms with Gasteiger partial charge in [0.25, 0.3) is 0 Å². The first kappa shape index (κ1) is 12.1. The molecule has 0 fully saturated rings. The molecule has 6 heteroatoms. The van der Waals surface area contributed by atoms with E-state index in [1.807, 2.05) is 0 Å². The summed E-state index contributed by atoms with van der Waals surface area (Å²) in [5, 5.41) is 0. The van der Waals surface area contributed by atoms with Gasteiger partial charge in [0.1, 0.15) is 12.7 Å². The average Bonchev–Trinajstić information content (AvgIpc) is 2.10. The topological polar surface area (TPSA) is 35.5 Å². The molecule has 0 bridgehead atoms. The molecule has 0 unspecified atom stereocenters. The first-order valence-corrected chi connectivity index (χ1v) is 4.86. The number of rotatable bonds is 5. The van der Waals surface area contributed by atoms with E-state index in [0.29, 0.717) is 0 Å². The Bertz CT molecular complexity index is 127. The molecule has 72 valence electrons. The van der Waals surface area contributed by atoms with E-state index < -0.39 is 12.3 Å².